The smallest absolute Gasteiger partial charge is 0.343 e. The topological polar surface area (TPSA) is 262 Å². The van der Waals surface area contributed by atoms with Crippen molar-refractivity contribution in [3.05, 3.63) is 95.1 Å². The lowest BCUT2D eigenvalue weighted by Gasteiger charge is -2.34. The van der Waals surface area contributed by atoms with E-state index < -0.39 is 48.3 Å². The summed E-state index contributed by atoms with van der Waals surface area (Å²) in [4.78, 5) is 68.0. The van der Waals surface area contributed by atoms with Gasteiger partial charge < -0.3 is 52.4 Å². The lowest BCUT2D eigenvalue weighted by atomic mass is 9.88. The Bertz CT molecular complexity index is 1640. The molecule has 0 fully saturated rings. The molecule has 266 valence electrons. The van der Waals surface area contributed by atoms with E-state index in [4.69, 9.17) is 21.9 Å². The number of amides is 4. The van der Waals surface area contributed by atoms with Gasteiger partial charge in [0.15, 0.2) is 12.6 Å². The number of nitrogens with one attached hydrogen (secondary N) is 2. The first kappa shape index (κ1) is 38.1. The number of aliphatic carboxylic acids is 1. The van der Waals surface area contributed by atoms with Crippen molar-refractivity contribution in [1.82, 2.24) is 15.5 Å². The van der Waals surface area contributed by atoms with E-state index in [0.717, 1.165) is 5.56 Å². The molecule has 16 heteroatoms. The van der Waals surface area contributed by atoms with Crippen LogP contribution in [0.15, 0.2) is 77.8 Å². The van der Waals surface area contributed by atoms with Crippen LogP contribution in [0.3, 0.4) is 0 Å². The quantitative estimate of drug-likeness (QED) is 0.0426. The van der Waals surface area contributed by atoms with Crippen molar-refractivity contribution in [2.45, 2.75) is 37.9 Å². The van der Waals surface area contributed by atoms with Gasteiger partial charge in [-0.05, 0) is 59.4 Å². The number of phenolic OH excluding ortho intramolecular Hbond substituents is 1. The van der Waals surface area contributed by atoms with Gasteiger partial charge in [-0.25, -0.2) is 9.59 Å². The molecule has 0 heterocycles. The summed E-state index contributed by atoms with van der Waals surface area (Å²) in [6.07, 6.45) is 0.331. The Labute approximate surface area is 288 Å². The van der Waals surface area contributed by atoms with Crippen molar-refractivity contribution < 1.29 is 43.7 Å². The highest BCUT2D eigenvalue weighted by Gasteiger charge is 2.35. The minimum Gasteiger partial charge on any atom is -0.508 e. The molecule has 0 spiro atoms. The Hall–Kier alpha value is -6.32. The van der Waals surface area contributed by atoms with Gasteiger partial charge in [-0.3, -0.25) is 19.4 Å². The van der Waals surface area contributed by atoms with Gasteiger partial charge in [0.05, 0.1) is 13.0 Å². The third-order valence-corrected chi connectivity index (χ3v) is 7.42. The fraction of sp³-hybridized carbons (Fsp3) is 0.294. The Balaban J connectivity index is 2.10. The first-order chi connectivity index (χ1) is 23.9. The summed E-state index contributed by atoms with van der Waals surface area (Å²) in [5.74, 6) is -3.93. The van der Waals surface area contributed by atoms with E-state index in [2.05, 4.69) is 20.4 Å². The second kappa shape index (κ2) is 18.9. The highest BCUT2D eigenvalue weighted by molar-refractivity contribution is 5.93. The molecule has 2 atom stereocenters. The van der Waals surface area contributed by atoms with Crippen LogP contribution in [0.5, 0.6) is 11.5 Å². The molecule has 16 nitrogen and oxygen atoms in total. The van der Waals surface area contributed by atoms with Crippen molar-refractivity contribution in [2.75, 3.05) is 26.8 Å². The monoisotopic (exact) mass is 691 g/mol. The van der Waals surface area contributed by atoms with Gasteiger partial charge in [0.1, 0.15) is 24.1 Å². The van der Waals surface area contributed by atoms with Crippen molar-refractivity contribution in [1.29, 1.82) is 0 Å². The zero-order chi connectivity index (χ0) is 36.6. The van der Waals surface area contributed by atoms with Crippen LogP contribution in [0.25, 0.3) is 0 Å². The van der Waals surface area contributed by atoms with Gasteiger partial charge in [0.2, 0.25) is 11.8 Å². The van der Waals surface area contributed by atoms with E-state index in [1.165, 1.54) is 24.1 Å². The molecule has 10 N–H and O–H groups in total. The minimum atomic E-state index is -1.27. The molecule has 3 aromatic rings. The summed E-state index contributed by atoms with van der Waals surface area (Å²) in [5, 5.41) is 24.2. The Morgan fingerprint density at radius 2 is 1.46 bits per heavy atom. The number of methoxy groups -OCH3 is 1. The molecular formula is C34H41N7O9. The molecule has 0 saturated carbocycles. The first-order valence-corrected chi connectivity index (χ1v) is 15.4. The number of carboxylic acids is 1. The maximum absolute atomic E-state index is 14.9. The van der Waals surface area contributed by atoms with Crippen LogP contribution in [0, 0.1) is 0 Å². The van der Waals surface area contributed by atoms with E-state index in [0.29, 0.717) is 22.4 Å². The molecule has 1 unspecified atom stereocenters. The normalized spacial score (nSPS) is 11.7. The second-order valence-electron chi connectivity index (χ2n) is 11.0. The molecular weight excluding hydrogens is 650 g/mol. The van der Waals surface area contributed by atoms with E-state index in [1.807, 2.05) is 0 Å². The number of carbonyl (C=O) groups excluding carboxylic acids is 4. The summed E-state index contributed by atoms with van der Waals surface area (Å²) in [7, 11) is 1.24. The third-order valence-electron chi connectivity index (χ3n) is 7.42. The van der Waals surface area contributed by atoms with Crippen LogP contribution < -0.4 is 32.6 Å². The summed E-state index contributed by atoms with van der Waals surface area (Å²) >= 11 is 0. The molecule has 0 aliphatic heterocycles. The van der Waals surface area contributed by atoms with Crippen LogP contribution in [-0.2, 0) is 37.0 Å². The van der Waals surface area contributed by atoms with Crippen LogP contribution >= 0.6 is 0 Å². The number of ether oxygens (including phenoxy) is 2. The number of aromatic hydroxyl groups is 1. The standard InChI is InChI=1S/C34H41N7O9/c1-49-29(45)20-50-26-14-10-24(11-15-26)30(23-8-12-25(42)13-9-23)32(47)41(19-22-6-4-21(5-7-22)17-40-34(37)48)27(3-2-16-38-33(35)36)31(46)39-18-28(43)44/h4-15,27,30,42H,2-3,16-20H2,1H3,(H,39,46)(H,43,44)(H4,35,36,38)(H3,37,40,48)/t27-,30?/m1/s1. The molecule has 50 heavy (non-hydrogen) atoms. The summed E-state index contributed by atoms with van der Waals surface area (Å²) in [5.41, 5.74) is 18.5. The van der Waals surface area contributed by atoms with Gasteiger partial charge in [0, 0.05) is 19.6 Å². The summed E-state index contributed by atoms with van der Waals surface area (Å²) in [6, 6.07) is 17.5. The van der Waals surface area contributed by atoms with Crippen molar-refractivity contribution in [3.8, 4) is 11.5 Å². The number of primary amides is 1. The van der Waals surface area contributed by atoms with Gasteiger partial charge in [-0.1, -0.05) is 48.5 Å². The van der Waals surface area contributed by atoms with Crippen LogP contribution in [-0.4, -0.2) is 83.7 Å². The summed E-state index contributed by atoms with van der Waals surface area (Å²) in [6.45, 7) is -0.769. The number of hydrogen-bond donors (Lipinski definition) is 7. The van der Waals surface area contributed by atoms with Gasteiger partial charge in [-0.15, -0.1) is 0 Å². The van der Waals surface area contributed by atoms with Crippen molar-refractivity contribution >= 4 is 35.7 Å². The molecule has 0 radical (unpaired) electrons. The Morgan fingerprint density at radius 1 is 0.860 bits per heavy atom. The van der Waals surface area contributed by atoms with Gasteiger partial charge >= 0.3 is 18.0 Å². The first-order valence-electron chi connectivity index (χ1n) is 15.4. The number of aliphatic imine (C=N–C) groups is 1. The number of phenols is 1. The molecule has 3 rings (SSSR count). The Kier molecular flexibility index (Phi) is 14.4. The highest BCUT2D eigenvalue weighted by Crippen LogP contribution is 2.32. The predicted octanol–water partition coefficient (Wildman–Crippen LogP) is 0.896. The molecule has 0 saturated heterocycles. The number of benzene rings is 3. The lowest BCUT2D eigenvalue weighted by molar-refractivity contribution is -0.143. The maximum Gasteiger partial charge on any atom is 0.343 e. The number of rotatable bonds is 18. The van der Waals surface area contributed by atoms with Crippen LogP contribution in [0.1, 0.15) is 41.0 Å². The average Bonchev–Trinajstić information content (AvgIpc) is 3.09. The zero-order valence-corrected chi connectivity index (χ0v) is 27.4. The number of esters is 1. The lowest BCUT2D eigenvalue weighted by Crippen LogP contribution is -2.51. The third kappa shape index (κ3) is 12.0. The molecule has 0 aromatic heterocycles. The number of hydrogen-bond acceptors (Lipinski definition) is 9. The number of carboxylic acid groups (broad SMARTS) is 1. The maximum atomic E-state index is 14.9. The summed E-state index contributed by atoms with van der Waals surface area (Å²) < 4.78 is 10.1. The average molecular weight is 692 g/mol. The fourth-order valence-electron chi connectivity index (χ4n) is 4.96. The highest BCUT2D eigenvalue weighted by atomic mass is 16.6. The molecule has 0 aliphatic rings. The molecule has 0 aliphatic carbocycles. The number of nitrogens with zero attached hydrogens (tertiary/aromatic N) is 2. The zero-order valence-electron chi connectivity index (χ0n) is 27.4. The molecule has 3 aromatic carbocycles. The van der Waals surface area contributed by atoms with Crippen LogP contribution in [0.4, 0.5) is 4.79 Å². The fourth-order valence-corrected chi connectivity index (χ4v) is 4.96. The van der Waals surface area contributed by atoms with E-state index in [-0.39, 0.29) is 50.8 Å². The number of guanidine groups is 1. The van der Waals surface area contributed by atoms with Crippen molar-refractivity contribution in [3.63, 3.8) is 0 Å². The largest absolute Gasteiger partial charge is 0.508 e. The molecule has 0 bridgehead atoms. The van der Waals surface area contributed by atoms with E-state index in [1.54, 1.807) is 60.7 Å². The van der Waals surface area contributed by atoms with E-state index in [9.17, 15) is 34.2 Å². The van der Waals surface area contributed by atoms with Gasteiger partial charge in [0.25, 0.3) is 0 Å². The predicted molar refractivity (Wildman–Crippen MR) is 182 cm³/mol. The SMILES string of the molecule is COC(=O)COc1ccc(C(C(=O)N(Cc2ccc(CNC(N)=O)cc2)[C@H](CCCN=C(N)N)C(=O)NCC(=O)O)c2ccc(O)cc2)cc1. The molecule has 4 amide bonds. The second-order valence-corrected chi connectivity index (χ2v) is 11.0. The van der Waals surface area contributed by atoms with Crippen LogP contribution in [0.2, 0.25) is 0 Å². The minimum absolute atomic E-state index is 0.0278. The number of carbonyl (C=O) groups is 5. The Morgan fingerprint density at radius 3 is 2.02 bits per heavy atom. The van der Waals surface area contributed by atoms with Crippen molar-refractivity contribution in [2.24, 2.45) is 22.2 Å². The number of nitrogens with two attached hydrogens (primary N) is 3. The number of urea groups is 1. The van der Waals surface area contributed by atoms with Gasteiger partial charge in [-0.2, -0.15) is 0 Å². The van der Waals surface area contributed by atoms with E-state index >= 15 is 0 Å².